The Labute approximate surface area is 216 Å². The summed E-state index contributed by atoms with van der Waals surface area (Å²) in [6.07, 6.45) is 4.14. The fourth-order valence-corrected chi connectivity index (χ4v) is 8.27. The molecular formula is C29H47NO6. The highest BCUT2D eigenvalue weighted by Crippen LogP contribution is 2.58. The lowest BCUT2D eigenvalue weighted by atomic mass is 9.63. The Morgan fingerprint density at radius 2 is 2.00 bits per heavy atom. The van der Waals surface area contributed by atoms with Crippen LogP contribution in [0.1, 0.15) is 53.4 Å². The van der Waals surface area contributed by atoms with Crippen LogP contribution >= 0.6 is 0 Å². The molecule has 2 heterocycles. The summed E-state index contributed by atoms with van der Waals surface area (Å²) < 4.78 is 23.9. The van der Waals surface area contributed by atoms with Gasteiger partial charge in [-0.05, 0) is 43.4 Å². The van der Waals surface area contributed by atoms with Crippen LogP contribution in [-0.2, 0) is 18.9 Å². The lowest BCUT2D eigenvalue weighted by Gasteiger charge is -2.45. The first-order valence-electron chi connectivity index (χ1n) is 14.1. The molecule has 4 N–H and O–H groups in total. The van der Waals surface area contributed by atoms with Gasteiger partial charge in [-0.3, -0.25) is 0 Å². The third kappa shape index (κ3) is 4.33. The maximum atomic E-state index is 12.2. The molecule has 2 saturated heterocycles. The van der Waals surface area contributed by atoms with Crippen LogP contribution in [0, 0.1) is 40.9 Å². The summed E-state index contributed by atoms with van der Waals surface area (Å²) in [4.78, 5) is 0. The molecule has 7 heteroatoms. The largest absolute Gasteiger partial charge is 0.392 e. The van der Waals surface area contributed by atoms with E-state index in [4.69, 9.17) is 24.7 Å². The van der Waals surface area contributed by atoms with Gasteiger partial charge in [0.05, 0.1) is 50.2 Å². The summed E-state index contributed by atoms with van der Waals surface area (Å²) >= 11 is 0. The van der Waals surface area contributed by atoms with Crippen molar-refractivity contribution in [3.05, 3.63) is 22.8 Å². The van der Waals surface area contributed by atoms with Gasteiger partial charge in [0.1, 0.15) is 0 Å². The zero-order valence-corrected chi connectivity index (χ0v) is 22.7. The Morgan fingerprint density at radius 1 is 1.22 bits per heavy atom. The van der Waals surface area contributed by atoms with Crippen molar-refractivity contribution in [3.63, 3.8) is 0 Å². The molecule has 0 aromatic rings. The number of hydrogen-bond donors (Lipinski definition) is 3. The van der Waals surface area contributed by atoms with Gasteiger partial charge in [-0.25, -0.2) is 0 Å². The number of fused-ring (bicyclic) bond motifs is 3. The summed E-state index contributed by atoms with van der Waals surface area (Å²) in [6.45, 7) is 11.0. The van der Waals surface area contributed by atoms with Crippen molar-refractivity contribution in [2.24, 2.45) is 46.7 Å². The first kappa shape index (κ1) is 26.8. The number of ether oxygens (including phenoxy) is 4. The quantitative estimate of drug-likeness (QED) is 0.457. The predicted molar refractivity (Wildman–Crippen MR) is 137 cm³/mol. The summed E-state index contributed by atoms with van der Waals surface area (Å²) in [5, 5.41) is 23.8. The van der Waals surface area contributed by atoms with E-state index in [0.717, 1.165) is 32.3 Å². The number of allylic oxidation sites excluding steroid dienone is 2. The van der Waals surface area contributed by atoms with E-state index in [0.29, 0.717) is 37.5 Å². The van der Waals surface area contributed by atoms with E-state index in [1.807, 2.05) is 0 Å². The molecule has 2 aliphatic heterocycles. The minimum Gasteiger partial charge on any atom is -0.392 e. The SMILES string of the molecule is COC[C@H]1CC[C@@H]2C1=C[C@@]1(C)CCC(C(C)C)=C1[C@@H]([C@H]1O[C@@H]3CO[C@@H](OCCN)[C@@H]3[C@H]1O)[C@H](O)[C@@H]2C. The van der Waals surface area contributed by atoms with Crippen LogP contribution in [0.4, 0.5) is 0 Å². The first-order chi connectivity index (χ1) is 17.2. The molecular weight excluding hydrogens is 458 g/mol. The van der Waals surface area contributed by atoms with E-state index in [2.05, 4.69) is 33.8 Å². The number of nitrogens with two attached hydrogens (primary N) is 1. The van der Waals surface area contributed by atoms with E-state index in [1.165, 1.54) is 16.7 Å². The van der Waals surface area contributed by atoms with Crippen LogP contribution in [0.15, 0.2) is 22.8 Å². The van der Waals surface area contributed by atoms with Gasteiger partial charge in [0, 0.05) is 30.9 Å². The van der Waals surface area contributed by atoms with E-state index >= 15 is 0 Å². The van der Waals surface area contributed by atoms with Crippen molar-refractivity contribution >= 4 is 0 Å². The normalized spacial score (nSPS) is 46.5. The summed E-state index contributed by atoms with van der Waals surface area (Å²) in [5.74, 6) is 0.643. The Hall–Kier alpha value is -0.800. The molecule has 0 spiro atoms. The molecule has 0 aromatic carbocycles. The summed E-state index contributed by atoms with van der Waals surface area (Å²) in [6, 6.07) is 0. The van der Waals surface area contributed by atoms with E-state index in [1.54, 1.807) is 7.11 Å². The highest BCUT2D eigenvalue weighted by atomic mass is 16.7. The van der Waals surface area contributed by atoms with Gasteiger partial charge >= 0.3 is 0 Å². The molecule has 11 atom stereocenters. The standard InChI is InChI=1S/C29H47NO6/c1-15(2)18-8-9-29(4)12-20-17(13-33-5)6-7-19(20)16(3)25(31)23(24(18)29)27-26(32)22-21(36-27)14-35-28(22)34-11-10-30/h12,15-17,19,21-23,25-28,31-32H,6-11,13-14,30H2,1-5H3/t16-,17-,19+,21-,22+,23-,25-,26-,27-,28-,29-/m1/s1. The van der Waals surface area contributed by atoms with Crippen LogP contribution in [-0.4, -0.2) is 74.4 Å². The van der Waals surface area contributed by atoms with Crippen LogP contribution in [0.3, 0.4) is 0 Å². The van der Waals surface area contributed by atoms with Gasteiger partial charge in [0.25, 0.3) is 0 Å². The van der Waals surface area contributed by atoms with Gasteiger partial charge in [0.15, 0.2) is 6.29 Å². The van der Waals surface area contributed by atoms with Crippen LogP contribution in [0.5, 0.6) is 0 Å². The molecule has 0 radical (unpaired) electrons. The monoisotopic (exact) mass is 505 g/mol. The van der Waals surface area contributed by atoms with Gasteiger partial charge in [-0.1, -0.05) is 50.5 Å². The smallest absolute Gasteiger partial charge is 0.165 e. The van der Waals surface area contributed by atoms with E-state index in [9.17, 15) is 10.2 Å². The average Bonchev–Trinajstić information content (AvgIpc) is 3.58. The highest BCUT2D eigenvalue weighted by Gasteiger charge is 2.59. The molecule has 0 bridgehead atoms. The van der Waals surface area contributed by atoms with E-state index in [-0.39, 0.29) is 29.3 Å². The fourth-order valence-electron chi connectivity index (χ4n) is 8.27. The third-order valence-electron chi connectivity index (χ3n) is 10.0. The maximum absolute atomic E-state index is 12.2. The van der Waals surface area contributed by atoms with Crippen LogP contribution < -0.4 is 5.73 Å². The molecule has 5 rings (SSSR count). The van der Waals surface area contributed by atoms with Gasteiger partial charge in [0.2, 0.25) is 0 Å². The molecule has 0 amide bonds. The Balaban J connectivity index is 1.56. The van der Waals surface area contributed by atoms with Crippen molar-refractivity contribution in [3.8, 4) is 0 Å². The second kappa shape index (κ2) is 10.4. The van der Waals surface area contributed by atoms with Crippen LogP contribution in [0.25, 0.3) is 0 Å². The minimum atomic E-state index is -0.773. The highest BCUT2D eigenvalue weighted by molar-refractivity contribution is 5.41. The Bertz CT molecular complexity index is 872. The lowest BCUT2D eigenvalue weighted by Crippen LogP contribution is -2.49. The molecule has 3 aliphatic carbocycles. The fraction of sp³-hybridized carbons (Fsp3) is 0.862. The van der Waals surface area contributed by atoms with Crippen molar-refractivity contribution in [1.29, 1.82) is 0 Å². The molecule has 0 aromatic heterocycles. The average molecular weight is 506 g/mol. The summed E-state index contributed by atoms with van der Waals surface area (Å²) in [7, 11) is 1.79. The van der Waals surface area contributed by atoms with E-state index < -0.39 is 24.6 Å². The molecule has 36 heavy (non-hydrogen) atoms. The van der Waals surface area contributed by atoms with Crippen LogP contribution in [0.2, 0.25) is 0 Å². The number of aliphatic hydroxyl groups excluding tert-OH is 2. The molecule has 7 nitrogen and oxygen atoms in total. The topological polar surface area (TPSA) is 103 Å². The van der Waals surface area contributed by atoms with Gasteiger partial charge in [-0.2, -0.15) is 0 Å². The number of rotatable bonds is 7. The molecule has 3 fully saturated rings. The number of hydrogen-bond acceptors (Lipinski definition) is 7. The lowest BCUT2D eigenvalue weighted by molar-refractivity contribution is -0.157. The van der Waals surface area contributed by atoms with Crippen molar-refractivity contribution in [2.75, 3.05) is 33.5 Å². The molecule has 204 valence electrons. The van der Waals surface area contributed by atoms with Crippen molar-refractivity contribution in [2.45, 2.75) is 84.1 Å². The zero-order chi connectivity index (χ0) is 25.8. The van der Waals surface area contributed by atoms with Crippen molar-refractivity contribution < 1.29 is 29.2 Å². The Kier molecular flexibility index (Phi) is 7.74. The first-order valence-corrected chi connectivity index (χ1v) is 14.1. The zero-order valence-electron chi connectivity index (χ0n) is 22.7. The minimum absolute atomic E-state index is 0.0611. The molecule has 1 saturated carbocycles. The molecule has 5 aliphatic rings. The number of aliphatic hydroxyl groups is 2. The predicted octanol–water partition coefficient (Wildman–Crippen LogP) is 3.04. The number of methoxy groups -OCH3 is 1. The second-order valence-corrected chi connectivity index (χ2v) is 12.4. The third-order valence-corrected chi connectivity index (χ3v) is 10.0. The van der Waals surface area contributed by atoms with Gasteiger partial charge in [-0.15, -0.1) is 0 Å². The summed E-state index contributed by atoms with van der Waals surface area (Å²) in [5.41, 5.74) is 9.68. The van der Waals surface area contributed by atoms with Crippen molar-refractivity contribution in [1.82, 2.24) is 0 Å². The Morgan fingerprint density at radius 3 is 2.69 bits per heavy atom. The maximum Gasteiger partial charge on any atom is 0.165 e. The molecule has 0 unspecified atom stereocenters. The second-order valence-electron chi connectivity index (χ2n) is 12.4. The van der Waals surface area contributed by atoms with Gasteiger partial charge < -0.3 is 34.9 Å².